The van der Waals surface area contributed by atoms with Crippen molar-refractivity contribution in [3.63, 3.8) is 0 Å². The summed E-state index contributed by atoms with van der Waals surface area (Å²) in [4.78, 5) is 49.6. The van der Waals surface area contributed by atoms with Gasteiger partial charge < -0.3 is 14.7 Å². The average molecular weight is 606 g/mol. The van der Waals surface area contributed by atoms with Crippen LogP contribution in [-0.2, 0) is 24.4 Å². The maximum absolute atomic E-state index is 13.4. The van der Waals surface area contributed by atoms with Crippen LogP contribution < -0.4 is 4.72 Å². The summed E-state index contributed by atoms with van der Waals surface area (Å²) in [5.41, 5.74) is 1.11. The third kappa shape index (κ3) is 6.73. The van der Waals surface area contributed by atoms with Crippen LogP contribution in [-0.4, -0.2) is 90.6 Å². The van der Waals surface area contributed by atoms with E-state index in [2.05, 4.69) is 9.71 Å². The molecule has 2 aromatic rings. The monoisotopic (exact) mass is 605 g/mol. The third-order valence-corrected chi connectivity index (χ3v) is 9.99. The van der Waals surface area contributed by atoms with Crippen molar-refractivity contribution >= 4 is 56.8 Å². The molecule has 3 aliphatic heterocycles. The Morgan fingerprint density at radius 1 is 1.12 bits per heavy atom. The molecule has 0 spiro atoms. The van der Waals surface area contributed by atoms with Gasteiger partial charge in [-0.1, -0.05) is 17.7 Å². The largest absolute Gasteiger partial charge is 0.340 e. The molecular formula is C27H32ClN5O5S2. The fraction of sp³-hybridized carbons (Fsp3) is 0.481. The van der Waals surface area contributed by atoms with Gasteiger partial charge >= 0.3 is 0 Å². The second-order valence-corrected chi connectivity index (χ2v) is 13.7. The molecule has 1 unspecified atom stereocenters. The van der Waals surface area contributed by atoms with E-state index in [9.17, 15) is 22.8 Å². The number of pyridine rings is 1. The molecule has 3 saturated heterocycles. The Kier molecular flexibility index (Phi) is 8.89. The van der Waals surface area contributed by atoms with Gasteiger partial charge in [0, 0.05) is 54.8 Å². The number of nitrogens with zero attached hydrogens (tertiary/aromatic N) is 4. The van der Waals surface area contributed by atoms with Gasteiger partial charge in [-0.15, -0.1) is 11.3 Å². The first-order valence-electron chi connectivity index (χ1n) is 13.4. The zero-order valence-electron chi connectivity index (χ0n) is 21.9. The number of thiophene rings is 1. The minimum atomic E-state index is -3.89. The van der Waals surface area contributed by atoms with Gasteiger partial charge in [0.1, 0.15) is 12.1 Å². The number of sulfonamides is 1. The van der Waals surface area contributed by atoms with Crippen LogP contribution in [0.5, 0.6) is 0 Å². The van der Waals surface area contributed by atoms with E-state index in [1.54, 1.807) is 23.2 Å². The number of hydrogen-bond donors (Lipinski definition) is 1. The molecule has 3 fully saturated rings. The number of nitrogens with one attached hydrogen (secondary N) is 1. The Morgan fingerprint density at radius 2 is 1.95 bits per heavy atom. The van der Waals surface area contributed by atoms with Crippen LogP contribution in [0.3, 0.4) is 0 Å². The van der Waals surface area contributed by atoms with Gasteiger partial charge in [-0.25, -0.2) is 8.42 Å². The van der Waals surface area contributed by atoms with Gasteiger partial charge in [0.15, 0.2) is 0 Å². The summed E-state index contributed by atoms with van der Waals surface area (Å²) >= 11 is 7.14. The van der Waals surface area contributed by atoms with Crippen LogP contribution in [0.15, 0.2) is 42.1 Å². The Hall–Kier alpha value is -2.80. The molecule has 10 nitrogen and oxygen atoms in total. The summed E-state index contributed by atoms with van der Waals surface area (Å²) in [6.07, 6.45) is 8.07. The van der Waals surface area contributed by atoms with E-state index in [1.165, 1.54) is 22.3 Å². The molecule has 214 valence electrons. The minimum absolute atomic E-state index is 0.0494. The van der Waals surface area contributed by atoms with E-state index in [1.807, 2.05) is 23.2 Å². The van der Waals surface area contributed by atoms with Crippen molar-refractivity contribution in [3.8, 4) is 0 Å². The van der Waals surface area contributed by atoms with Crippen LogP contribution in [0.4, 0.5) is 0 Å². The Balaban J connectivity index is 1.17. The molecule has 1 N–H and O–H groups in total. The molecule has 5 rings (SSSR count). The number of aromatic nitrogens is 1. The molecule has 0 aromatic carbocycles. The predicted molar refractivity (Wildman–Crippen MR) is 153 cm³/mol. The lowest BCUT2D eigenvalue weighted by Gasteiger charge is -2.34. The summed E-state index contributed by atoms with van der Waals surface area (Å²) in [5, 5.41) is 1.02. The fourth-order valence-electron chi connectivity index (χ4n) is 5.66. The second-order valence-electron chi connectivity index (χ2n) is 10.4. The number of likely N-dealkylation sites (tertiary alicyclic amines) is 3. The average Bonchev–Trinajstić information content (AvgIpc) is 3.71. The van der Waals surface area contributed by atoms with Crippen LogP contribution in [0.2, 0.25) is 4.34 Å². The summed E-state index contributed by atoms with van der Waals surface area (Å²) in [6.45, 7) is 1.88. The SMILES string of the molecule is O=C1[C@@H](NS(=O)(=O)/C=C/c2ccc(Cl)s2)CCCN1CC(=O)N1CCC[C@H]1C(=O)N1CCC(c2cccnc2)C1. The highest BCUT2D eigenvalue weighted by atomic mass is 35.5. The topological polar surface area (TPSA) is 120 Å². The highest BCUT2D eigenvalue weighted by molar-refractivity contribution is 7.92. The van der Waals surface area contributed by atoms with Crippen molar-refractivity contribution in [1.82, 2.24) is 24.4 Å². The number of carbonyl (C=O) groups excluding carboxylic acids is 3. The molecule has 0 bridgehead atoms. The van der Waals surface area contributed by atoms with Crippen molar-refractivity contribution < 1.29 is 22.8 Å². The van der Waals surface area contributed by atoms with Crippen LogP contribution in [0, 0.1) is 0 Å². The van der Waals surface area contributed by atoms with Crippen molar-refractivity contribution in [3.05, 3.63) is 56.8 Å². The van der Waals surface area contributed by atoms with E-state index in [4.69, 9.17) is 11.6 Å². The molecule has 0 radical (unpaired) electrons. The summed E-state index contributed by atoms with van der Waals surface area (Å²) in [6, 6.07) is 5.81. The number of hydrogen-bond acceptors (Lipinski definition) is 7. The quantitative estimate of drug-likeness (QED) is 0.494. The molecule has 3 aliphatic rings. The van der Waals surface area contributed by atoms with Crippen molar-refractivity contribution in [2.45, 2.75) is 50.1 Å². The summed E-state index contributed by atoms with van der Waals surface area (Å²) in [7, 11) is -3.89. The number of carbonyl (C=O) groups is 3. The number of amides is 3. The molecule has 40 heavy (non-hydrogen) atoms. The second kappa shape index (κ2) is 12.4. The number of piperidine rings is 1. The van der Waals surface area contributed by atoms with Gasteiger partial charge in [-0.05, 0) is 61.9 Å². The van der Waals surface area contributed by atoms with E-state index >= 15 is 0 Å². The van der Waals surface area contributed by atoms with E-state index in [0.29, 0.717) is 54.7 Å². The molecule has 0 aliphatic carbocycles. The summed E-state index contributed by atoms with van der Waals surface area (Å²) in [5.74, 6) is -0.540. The van der Waals surface area contributed by atoms with Crippen LogP contribution in [0.1, 0.15) is 48.5 Å². The summed E-state index contributed by atoms with van der Waals surface area (Å²) < 4.78 is 28.2. The van der Waals surface area contributed by atoms with Gasteiger partial charge in [-0.2, -0.15) is 4.72 Å². The minimum Gasteiger partial charge on any atom is -0.340 e. The molecule has 3 amide bonds. The van der Waals surface area contributed by atoms with Crippen LogP contribution >= 0.6 is 22.9 Å². The predicted octanol–water partition coefficient (Wildman–Crippen LogP) is 2.68. The highest BCUT2D eigenvalue weighted by Crippen LogP contribution is 2.29. The van der Waals surface area contributed by atoms with Crippen molar-refractivity contribution in [2.75, 3.05) is 32.7 Å². The smallest absolute Gasteiger partial charge is 0.245 e. The first kappa shape index (κ1) is 28.7. The first-order valence-corrected chi connectivity index (χ1v) is 16.2. The zero-order chi connectivity index (χ0) is 28.3. The molecular weight excluding hydrogens is 574 g/mol. The van der Waals surface area contributed by atoms with Gasteiger partial charge in [0.05, 0.1) is 10.9 Å². The van der Waals surface area contributed by atoms with Gasteiger partial charge in [0.2, 0.25) is 27.7 Å². The van der Waals surface area contributed by atoms with Crippen LogP contribution in [0.25, 0.3) is 6.08 Å². The van der Waals surface area contributed by atoms with Gasteiger partial charge in [-0.3, -0.25) is 19.4 Å². The van der Waals surface area contributed by atoms with E-state index in [-0.39, 0.29) is 24.3 Å². The molecule has 3 atom stereocenters. The fourth-order valence-corrected chi connectivity index (χ4v) is 7.72. The lowest BCUT2D eigenvalue weighted by Crippen LogP contribution is -2.55. The lowest BCUT2D eigenvalue weighted by molar-refractivity contribution is -0.147. The maximum Gasteiger partial charge on any atom is 0.245 e. The molecule has 0 saturated carbocycles. The number of rotatable bonds is 8. The Labute approximate surface area is 243 Å². The standard InChI is InChI=1S/C27H32ClN5O5S2/c28-24-8-7-21(39-24)10-15-40(37,38)30-22-5-2-12-31(26(22)35)18-25(34)33-13-3-6-23(33)27(36)32-14-9-20(17-32)19-4-1-11-29-16-19/h1,4,7-8,10-11,15-16,20,22-23,30H,2-3,5-6,9,12-14,17-18H2/b15-10+/t20?,22-,23-/m0/s1. The Bertz CT molecular complexity index is 1380. The number of halogens is 1. The van der Waals surface area contributed by atoms with E-state index < -0.39 is 28.0 Å². The van der Waals surface area contributed by atoms with E-state index in [0.717, 1.165) is 23.8 Å². The highest BCUT2D eigenvalue weighted by Gasteiger charge is 2.40. The first-order chi connectivity index (χ1) is 19.2. The van der Waals surface area contributed by atoms with Gasteiger partial charge in [0.25, 0.3) is 0 Å². The maximum atomic E-state index is 13.4. The van der Waals surface area contributed by atoms with Crippen molar-refractivity contribution in [1.29, 1.82) is 0 Å². The molecule has 13 heteroatoms. The molecule has 5 heterocycles. The van der Waals surface area contributed by atoms with Crippen molar-refractivity contribution in [2.24, 2.45) is 0 Å². The Morgan fingerprint density at radius 3 is 2.70 bits per heavy atom. The lowest BCUT2D eigenvalue weighted by atomic mass is 10.0. The normalized spacial score (nSPS) is 23.9. The third-order valence-electron chi connectivity index (χ3n) is 7.68. The zero-order valence-corrected chi connectivity index (χ0v) is 24.3. The molecule has 2 aromatic heterocycles.